The number of rotatable bonds is 24. The lowest BCUT2D eigenvalue weighted by atomic mass is 9.78. The van der Waals surface area contributed by atoms with E-state index in [1.54, 1.807) is 0 Å². The Morgan fingerprint density at radius 1 is 0.127 bits per heavy atom. The summed E-state index contributed by atoms with van der Waals surface area (Å²) < 4.78 is 0. The van der Waals surface area contributed by atoms with Gasteiger partial charge in [0.05, 0.1) is 0 Å². The van der Waals surface area contributed by atoms with Crippen LogP contribution in [0, 0.1) is 0 Å². The van der Waals surface area contributed by atoms with E-state index in [4.69, 9.17) is 0 Å². The third-order valence-corrected chi connectivity index (χ3v) is 28.9. The zero-order valence-electron chi connectivity index (χ0n) is 74.2. The quantitative estimate of drug-likeness (QED) is 0.0529. The van der Waals surface area contributed by atoms with Crippen LogP contribution in [0.15, 0.2) is 303 Å². The molecule has 23 rings (SSSR count). The van der Waals surface area contributed by atoms with Crippen molar-refractivity contribution in [1.82, 2.24) is 0 Å². The molecule has 0 heterocycles. The standard InChI is InChI=1S/C126H106/c1-9-21-75-33-49-83(50-34-75)107-91-29-17-18-30-92(91)108(84-51-35-76(22-10-2)36-52-84)120-96-66-70-100-117-99(69-65-95(115(96)117)119(107)120)123-111(87-57-41-79(25-13-5)42-58-87)103-73-105-106(74-104(103)112(124(100)123)88-59-43-80(26-14-6)44-60-88)114(90-63-47-82(28-16-8)48-64-90)126-102-72-68-98-116-97(67-71-101(118(102)116)125(126)113(105)89-61-45-81(27-15-7)46-62-89)121-109(85-53-37-77(23-11-3)38-54-85)93-31-19-20-32-94(93)110(122(98)121)86-55-39-78(24-12-4)40-56-86/h17-20,29-74H,9-16,21-28H2,1-8H3. The molecule has 0 nitrogen and oxygen atoms in total. The molecule has 0 saturated heterocycles. The fourth-order valence-electron chi connectivity index (χ4n) is 23.6. The molecule has 0 saturated carbocycles. The minimum Gasteiger partial charge on any atom is -0.0651 e. The maximum Gasteiger partial charge on any atom is -0.000740 e. The van der Waals surface area contributed by atoms with E-state index in [1.807, 2.05) is 0 Å². The van der Waals surface area contributed by atoms with Gasteiger partial charge in [-0.2, -0.15) is 0 Å². The molecule has 0 N–H and O–H groups in total. The lowest BCUT2D eigenvalue weighted by Gasteiger charge is -2.25. The van der Waals surface area contributed by atoms with Gasteiger partial charge < -0.3 is 0 Å². The van der Waals surface area contributed by atoms with Gasteiger partial charge in [0, 0.05) is 0 Å². The number of benzene rings is 19. The van der Waals surface area contributed by atoms with Crippen LogP contribution in [0.5, 0.6) is 0 Å². The van der Waals surface area contributed by atoms with Crippen molar-refractivity contribution < 1.29 is 0 Å². The normalized spacial score (nSPS) is 12.3. The molecular weight excluding hydrogens is 1510 g/mol. The Hall–Kier alpha value is -13.3. The molecular formula is C126H106. The average Bonchev–Trinajstić information content (AvgIpc) is 1.48. The van der Waals surface area contributed by atoms with Gasteiger partial charge in [0.2, 0.25) is 0 Å². The van der Waals surface area contributed by atoms with Gasteiger partial charge >= 0.3 is 0 Å². The van der Waals surface area contributed by atoms with Crippen molar-refractivity contribution in [2.45, 2.75) is 158 Å². The van der Waals surface area contributed by atoms with Crippen LogP contribution in [-0.2, 0) is 51.4 Å². The lowest BCUT2D eigenvalue weighted by Crippen LogP contribution is -1.98. The molecule has 0 fully saturated rings. The van der Waals surface area contributed by atoms with E-state index in [9.17, 15) is 0 Å². The van der Waals surface area contributed by atoms with Crippen LogP contribution in [0.25, 0.3) is 243 Å². The number of fused-ring (bicyclic) bond motifs is 16. The maximum atomic E-state index is 2.74. The van der Waals surface area contributed by atoms with E-state index in [-0.39, 0.29) is 0 Å². The summed E-state index contributed by atoms with van der Waals surface area (Å²) in [6, 6.07) is 123. The third kappa shape index (κ3) is 12.0. The first-order chi connectivity index (χ1) is 62.2. The van der Waals surface area contributed by atoms with Crippen molar-refractivity contribution in [3.05, 3.63) is 348 Å². The van der Waals surface area contributed by atoms with E-state index in [0.29, 0.717) is 0 Å². The molecule has 19 aromatic rings. The van der Waals surface area contributed by atoms with E-state index >= 15 is 0 Å². The fourth-order valence-corrected chi connectivity index (χ4v) is 23.6. The summed E-state index contributed by atoms with van der Waals surface area (Å²) in [5, 5.41) is 15.7. The van der Waals surface area contributed by atoms with Crippen molar-refractivity contribution in [2.75, 3.05) is 0 Å². The van der Waals surface area contributed by atoms with E-state index in [0.717, 1.165) is 103 Å². The maximum absolute atomic E-state index is 2.74. The topological polar surface area (TPSA) is 0 Å². The van der Waals surface area contributed by atoms with Crippen LogP contribution in [0.1, 0.15) is 151 Å². The van der Waals surface area contributed by atoms with Crippen LogP contribution in [0.3, 0.4) is 0 Å². The zero-order valence-corrected chi connectivity index (χ0v) is 74.2. The van der Waals surface area contributed by atoms with Gasteiger partial charge in [-0.15, -0.1) is 0 Å². The SMILES string of the molecule is CCCc1ccc(-c2c3c(c(-c4ccc(CCC)cc4)c4ccccc24)-c2ccc4c5c(ccc-3c25)-c2c-4c(-c3ccc(CCC)cc3)c3cc4c(-c5ccc(CCC)cc5)c5c(c(-c6ccc(CCC)cc6)c4cc3c2-c2ccc(CCC)cc2)-c2ccc3c4c(ccc-5c24)-c2c-3c(-c3ccc(CCC)cc3)c3ccccc3c2-c2ccc(CCC)cc2)cc1. The monoisotopic (exact) mass is 1620 g/mol. The smallest absolute Gasteiger partial charge is 0.000740 e. The second-order valence-corrected chi connectivity index (χ2v) is 36.8. The van der Waals surface area contributed by atoms with Crippen LogP contribution >= 0.6 is 0 Å². The highest BCUT2D eigenvalue weighted by Gasteiger charge is 2.41. The summed E-state index contributed by atoms with van der Waals surface area (Å²) in [5.41, 5.74) is 52.6. The minimum absolute atomic E-state index is 1.02. The second-order valence-electron chi connectivity index (χ2n) is 36.8. The highest BCUT2D eigenvalue weighted by Crippen LogP contribution is 2.69. The predicted molar refractivity (Wildman–Crippen MR) is 545 cm³/mol. The Kier molecular flexibility index (Phi) is 19.4. The summed E-state index contributed by atoms with van der Waals surface area (Å²) in [5.74, 6) is 0. The van der Waals surface area contributed by atoms with Gasteiger partial charge in [0.25, 0.3) is 0 Å². The molecule has 0 heteroatoms. The first-order valence-electron chi connectivity index (χ1n) is 47.5. The van der Waals surface area contributed by atoms with E-state index in [1.165, 1.54) is 287 Å². The zero-order chi connectivity index (χ0) is 84.7. The molecule has 0 bridgehead atoms. The van der Waals surface area contributed by atoms with Crippen molar-refractivity contribution in [3.63, 3.8) is 0 Å². The molecule has 0 aliphatic heterocycles. The van der Waals surface area contributed by atoms with Crippen molar-refractivity contribution >= 4 is 64.6 Å². The highest BCUT2D eigenvalue weighted by atomic mass is 14.4. The Morgan fingerprint density at radius 2 is 0.254 bits per heavy atom. The predicted octanol–water partition coefficient (Wildman–Crippen LogP) is 36.2. The summed E-state index contributed by atoms with van der Waals surface area (Å²) in [6.07, 6.45) is 17.1. The molecule has 0 atom stereocenters. The molecule has 0 aromatic heterocycles. The van der Waals surface area contributed by atoms with Crippen molar-refractivity contribution in [3.8, 4) is 178 Å². The highest BCUT2D eigenvalue weighted by molar-refractivity contribution is 6.39. The van der Waals surface area contributed by atoms with Gasteiger partial charge in [-0.3, -0.25) is 0 Å². The van der Waals surface area contributed by atoms with Crippen molar-refractivity contribution in [2.24, 2.45) is 0 Å². The summed E-state index contributed by atoms with van der Waals surface area (Å²) >= 11 is 0. The summed E-state index contributed by atoms with van der Waals surface area (Å²) in [7, 11) is 0. The molecule has 0 radical (unpaired) electrons. The van der Waals surface area contributed by atoms with Gasteiger partial charge in [-0.1, -0.05) is 398 Å². The van der Waals surface area contributed by atoms with Gasteiger partial charge in [0.15, 0.2) is 0 Å². The van der Waals surface area contributed by atoms with Crippen LogP contribution in [-0.4, -0.2) is 0 Å². The van der Waals surface area contributed by atoms with E-state index < -0.39 is 0 Å². The Labute approximate surface area is 743 Å². The van der Waals surface area contributed by atoms with Crippen molar-refractivity contribution in [1.29, 1.82) is 0 Å². The van der Waals surface area contributed by atoms with Gasteiger partial charge in [0.1, 0.15) is 0 Å². The number of hydrogen-bond donors (Lipinski definition) is 0. The average molecular weight is 1620 g/mol. The molecule has 0 unspecified atom stereocenters. The minimum atomic E-state index is 1.02. The van der Waals surface area contributed by atoms with Crippen LogP contribution < -0.4 is 0 Å². The van der Waals surface area contributed by atoms with Gasteiger partial charge in [-0.05, 0) is 351 Å². The third-order valence-electron chi connectivity index (χ3n) is 28.9. The second kappa shape index (κ2) is 31.4. The first-order valence-corrected chi connectivity index (χ1v) is 47.5. The first kappa shape index (κ1) is 77.5. The van der Waals surface area contributed by atoms with Crippen LogP contribution in [0.2, 0.25) is 0 Å². The fraction of sp³-hybridized carbons (Fsp3) is 0.190. The molecule has 4 aliphatic rings. The van der Waals surface area contributed by atoms with E-state index in [2.05, 4.69) is 359 Å². The Balaban J connectivity index is 0.861. The number of aryl methyl sites for hydroxylation is 8. The Morgan fingerprint density at radius 3 is 0.381 bits per heavy atom. The summed E-state index contributed by atoms with van der Waals surface area (Å²) in [4.78, 5) is 0. The van der Waals surface area contributed by atoms with Crippen LogP contribution in [0.4, 0.5) is 0 Å². The Bertz CT molecular complexity index is 6750. The molecule has 0 spiro atoms. The molecule has 610 valence electrons. The number of hydrogen-bond acceptors (Lipinski definition) is 0. The molecule has 19 aromatic carbocycles. The van der Waals surface area contributed by atoms with Gasteiger partial charge in [-0.25, -0.2) is 0 Å². The lowest BCUT2D eigenvalue weighted by molar-refractivity contribution is 0.922. The molecule has 126 heavy (non-hydrogen) atoms. The molecule has 4 aliphatic carbocycles. The molecule has 0 amide bonds. The summed E-state index contributed by atoms with van der Waals surface area (Å²) in [6.45, 7) is 18.4. The largest absolute Gasteiger partial charge is 0.0651 e.